The van der Waals surface area contributed by atoms with Gasteiger partial charge >= 0.3 is 53.7 Å². The fraction of sp³-hybridized carbons (Fsp3) is 0.667. The first-order valence-electron chi connectivity index (χ1n) is 39.5. The molecule has 3 heterocycles. The molecule has 0 radical (unpaired) electrons. The van der Waals surface area contributed by atoms with E-state index in [2.05, 4.69) is 47.9 Å². The van der Waals surface area contributed by atoms with E-state index in [1.165, 1.54) is 0 Å². The predicted molar refractivity (Wildman–Crippen MR) is 459 cm³/mol. The number of halogens is 3. The van der Waals surface area contributed by atoms with Gasteiger partial charge in [-0.2, -0.15) is 0 Å². The standard InChI is InChI=1S/C72H114I3N21O27/c1-46(94-28-22-88(40-55(106)107)16-10-85(37-52(100)101)11-17-89(23-29-94)41-56(108)109)67(118)82-34-49(97)76-4-7-79-70(121)61-64(73)62(71(122)80-8-5-77-50(98)35-83-68(119)47(2)95-30-24-90(42-57(110)111)18-12-86(38-53(102)103)13-19-91(25-31-95)43-58(112)113)66(75)63(65(61)74)72(123)81-9-6-78-51(99)36-84-69(120)48(3)96-32-26-92(44-59(114)115)20-14-87(39-54(104)105)15-21-93(27-33-96)45-60(116)117/h46-48H,4-45H2,1-3H3,(H,76,97)(H,77,98)(H,78,99)(H,79,121)(H,80,122)(H,81,123)(H,82,118)(H,83,119)(H,84,120)(H,100,101)(H,102,103)(H,104,105)(H,106,107)(H,108,109)(H,110,111)(H,112,113)(H,114,115)(H,116,117). The van der Waals surface area contributed by atoms with Crippen molar-refractivity contribution >= 4 is 175 Å². The van der Waals surface area contributed by atoms with Crippen LogP contribution in [0, 0.1) is 10.7 Å². The number of benzene rings is 1. The molecule has 0 saturated carbocycles. The average molecular weight is 2090 g/mol. The van der Waals surface area contributed by atoms with Crippen molar-refractivity contribution < 1.29 is 132 Å². The molecule has 18 N–H and O–H groups in total. The number of carboxylic acids is 9. The summed E-state index contributed by atoms with van der Waals surface area (Å²) in [4.78, 5) is 249. The Morgan fingerprint density at radius 2 is 0.374 bits per heavy atom. The number of amides is 9. The third kappa shape index (κ3) is 41.8. The lowest BCUT2D eigenvalue weighted by Crippen LogP contribution is -2.53. The van der Waals surface area contributed by atoms with E-state index in [1.807, 2.05) is 0 Å². The molecule has 0 aliphatic carbocycles. The minimum Gasteiger partial charge on any atom is -0.480 e. The highest BCUT2D eigenvalue weighted by atomic mass is 127. The number of aliphatic carboxylic acids is 9. The smallest absolute Gasteiger partial charge is 0.317 e. The van der Waals surface area contributed by atoms with Crippen molar-refractivity contribution in [3.63, 3.8) is 0 Å². The summed E-state index contributed by atoms with van der Waals surface area (Å²) in [6.07, 6.45) is 0. The second kappa shape index (κ2) is 56.4. The van der Waals surface area contributed by atoms with E-state index >= 15 is 0 Å². The van der Waals surface area contributed by atoms with Gasteiger partial charge in [-0.3, -0.25) is 145 Å². The van der Waals surface area contributed by atoms with Crippen molar-refractivity contribution in [1.82, 2.24) is 107 Å². The van der Waals surface area contributed by atoms with Gasteiger partial charge in [0.2, 0.25) is 35.4 Å². The molecule has 690 valence electrons. The Bertz CT molecular complexity index is 3350. The fourth-order valence-corrected chi connectivity index (χ4v) is 17.9. The van der Waals surface area contributed by atoms with Crippen LogP contribution in [0.2, 0.25) is 0 Å². The largest absolute Gasteiger partial charge is 0.480 e. The predicted octanol–water partition coefficient (Wildman–Crippen LogP) is -9.02. The second-order valence-electron chi connectivity index (χ2n) is 29.2. The van der Waals surface area contributed by atoms with E-state index in [4.69, 9.17) is 0 Å². The van der Waals surface area contributed by atoms with Crippen molar-refractivity contribution in [3.05, 3.63) is 27.4 Å². The summed E-state index contributed by atoms with van der Waals surface area (Å²) in [5, 5.41) is 110. The lowest BCUT2D eigenvalue weighted by molar-refractivity contribution is -0.141. The van der Waals surface area contributed by atoms with Gasteiger partial charge in [0, 0.05) is 207 Å². The number of rotatable bonds is 42. The summed E-state index contributed by atoms with van der Waals surface area (Å²) in [7, 11) is 0. The number of hydrogen-bond donors (Lipinski definition) is 18. The first kappa shape index (κ1) is 107. The van der Waals surface area contributed by atoms with Crippen LogP contribution in [0.3, 0.4) is 0 Å². The lowest BCUT2D eigenvalue weighted by atomic mass is 10.0. The molecular formula is C72H114I3N21O27. The zero-order valence-corrected chi connectivity index (χ0v) is 75.3. The number of nitrogens with zero attached hydrogens (tertiary/aromatic N) is 12. The van der Waals surface area contributed by atoms with E-state index < -0.39 is 184 Å². The summed E-state index contributed by atoms with van der Waals surface area (Å²) < 4.78 is 0.126. The molecule has 0 bridgehead atoms. The summed E-state index contributed by atoms with van der Waals surface area (Å²) in [5.74, 6) is -16.7. The van der Waals surface area contributed by atoms with Gasteiger partial charge in [0.25, 0.3) is 17.7 Å². The zero-order chi connectivity index (χ0) is 91.6. The molecule has 51 heteroatoms. The van der Waals surface area contributed by atoms with Gasteiger partial charge < -0.3 is 93.8 Å². The van der Waals surface area contributed by atoms with Crippen LogP contribution in [0.1, 0.15) is 51.8 Å². The van der Waals surface area contributed by atoms with Gasteiger partial charge in [-0.1, -0.05) is 0 Å². The molecular weight excluding hydrogens is 1970 g/mol. The molecule has 123 heavy (non-hydrogen) atoms. The highest BCUT2D eigenvalue weighted by molar-refractivity contribution is 14.1. The molecule has 3 aliphatic heterocycles. The van der Waals surface area contributed by atoms with Gasteiger partial charge in [-0.15, -0.1) is 0 Å². The van der Waals surface area contributed by atoms with Crippen LogP contribution in [-0.2, 0) is 71.9 Å². The van der Waals surface area contributed by atoms with E-state index in [-0.39, 0.29) is 243 Å². The Morgan fingerprint density at radius 3 is 0.520 bits per heavy atom. The molecule has 3 aliphatic rings. The van der Waals surface area contributed by atoms with Crippen LogP contribution in [0.15, 0.2) is 0 Å². The van der Waals surface area contributed by atoms with E-state index in [0.717, 1.165) is 0 Å². The summed E-state index contributed by atoms with van der Waals surface area (Å²) in [6.45, 7) is 1.15. The number of nitrogens with one attached hydrogen (secondary N) is 9. The molecule has 1 aromatic rings. The Morgan fingerprint density at radius 1 is 0.236 bits per heavy atom. The number of hydrogen-bond acceptors (Lipinski definition) is 30. The van der Waals surface area contributed by atoms with Crippen molar-refractivity contribution in [2.24, 2.45) is 0 Å². The van der Waals surface area contributed by atoms with Crippen molar-refractivity contribution in [2.75, 3.05) is 275 Å². The Hall–Kier alpha value is -8.61. The molecule has 9 amide bonds. The first-order chi connectivity index (χ1) is 58.1. The summed E-state index contributed by atoms with van der Waals surface area (Å²) in [6, 6.07) is -2.82. The normalized spacial score (nSPS) is 17.7. The monoisotopic (exact) mass is 2090 g/mol. The van der Waals surface area contributed by atoms with Crippen LogP contribution >= 0.6 is 67.8 Å². The van der Waals surface area contributed by atoms with E-state index in [0.29, 0.717) is 0 Å². The lowest BCUT2D eigenvalue weighted by Gasteiger charge is -2.35. The minimum absolute atomic E-state index is 0.0421. The average Bonchev–Trinajstić information content (AvgIpc) is 0.760. The van der Waals surface area contributed by atoms with Gasteiger partial charge in [0.05, 0.1) is 113 Å². The summed E-state index contributed by atoms with van der Waals surface area (Å²) >= 11 is 5.26. The molecule has 0 aromatic heterocycles. The molecule has 3 fully saturated rings. The summed E-state index contributed by atoms with van der Waals surface area (Å²) in [5.41, 5.74) is -0.515. The first-order valence-corrected chi connectivity index (χ1v) is 42.7. The Balaban J connectivity index is 1.49. The van der Waals surface area contributed by atoms with Gasteiger partial charge in [0.1, 0.15) is 0 Å². The Labute approximate surface area is 749 Å². The highest BCUT2D eigenvalue weighted by Crippen LogP contribution is 2.32. The molecule has 3 unspecified atom stereocenters. The van der Waals surface area contributed by atoms with E-state index in [9.17, 15) is 132 Å². The molecule has 4 rings (SSSR count). The molecule has 1 aromatic carbocycles. The molecule has 0 spiro atoms. The third-order valence-corrected chi connectivity index (χ3v) is 23.3. The van der Waals surface area contributed by atoms with Crippen LogP contribution < -0.4 is 47.9 Å². The number of carbonyl (C=O) groups is 18. The van der Waals surface area contributed by atoms with Crippen molar-refractivity contribution in [2.45, 2.75) is 38.9 Å². The topological polar surface area (TPSA) is 636 Å². The maximum Gasteiger partial charge on any atom is 0.317 e. The minimum atomic E-state index is -1.14. The molecule has 3 atom stereocenters. The number of carbonyl (C=O) groups excluding carboxylic acids is 9. The third-order valence-electron chi connectivity index (χ3n) is 20.1. The second-order valence-corrected chi connectivity index (χ2v) is 32.4. The highest BCUT2D eigenvalue weighted by Gasteiger charge is 2.34. The Kier molecular flexibility index (Phi) is 48.9. The van der Waals surface area contributed by atoms with Crippen LogP contribution in [0.5, 0.6) is 0 Å². The van der Waals surface area contributed by atoms with Crippen molar-refractivity contribution in [3.8, 4) is 0 Å². The fourth-order valence-electron chi connectivity index (χ4n) is 13.3. The van der Waals surface area contributed by atoms with Crippen LogP contribution in [-0.4, -0.2) is 505 Å². The molecule has 48 nitrogen and oxygen atoms in total. The maximum absolute atomic E-state index is 14.4. The SMILES string of the molecule is CC(C(=O)NCC(=O)NCCNC(=O)c1c(I)c(C(=O)NCCNC(=O)CNC(=O)C(C)N2CCN(CC(=O)O)CCN(CC(=O)O)CCN(CC(=O)O)CC2)c(I)c(C(=O)NCCNC(=O)CNC(=O)C(C)N2CCN(CC(=O)O)CCN(CC(=O)O)CCN(CC(=O)O)CC2)c1I)N1CCN(CC(=O)O)CCN(CC(=O)O)CCN(CC(=O)O)CC1. The van der Waals surface area contributed by atoms with E-state index in [1.54, 1.807) is 147 Å². The maximum atomic E-state index is 14.4. The van der Waals surface area contributed by atoms with Crippen molar-refractivity contribution in [1.29, 1.82) is 0 Å². The zero-order valence-electron chi connectivity index (χ0n) is 68.8. The van der Waals surface area contributed by atoms with Gasteiger partial charge in [0.15, 0.2) is 0 Å². The van der Waals surface area contributed by atoms with Crippen LogP contribution in [0.25, 0.3) is 0 Å². The van der Waals surface area contributed by atoms with Crippen LogP contribution in [0.4, 0.5) is 0 Å². The quantitative estimate of drug-likeness (QED) is 0.0213. The molecule has 3 saturated heterocycles. The van der Waals surface area contributed by atoms with Gasteiger partial charge in [-0.05, 0) is 88.5 Å². The van der Waals surface area contributed by atoms with Gasteiger partial charge in [-0.25, -0.2) is 0 Å². The number of carboxylic acid groups (broad SMARTS) is 9.